The van der Waals surface area contributed by atoms with Gasteiger partial charge >= 0.3 is 0 Å². The Balaban J connectivity index is 2.20. The average molecular weight is 309 g/mol. The molecule has 0 aliphatic carbocycles. The van der Waals surface area contributed by atoms with Crippen molar-refractivity contribution in [2.24, 2.45) is 7.05 Å². The first kappa shape index (κ1) is 13.5. The van der Waals surface area contributed by atoms with E-state index < -0.39 is 0 Å². The molecule has 0 aliphatic heterocycles. The lowest BCUT2D eigenvalue weighted by Gasteiger charge is -2.11. The highest BCUT2D eigenvalue weighted by atomic mass is 32.1. The second kappa shape index (κ2) is 4.65. The summed E-state index contributed by atoms with van der Waals surface area (Å²) < 4.78 is 7.69. The summed E-state index contributed by atoms with van der Waals surface area (Å²) in [6, 6.07) is 6.54. The van der Waals surface area contributed by atoms with Crippen LogP contribution in [0.5, 0.6) is 0 Å². The molecular formula is C18H17N2OS+. The number of benzene rings is 1. The number of fused-ring (bicyclic) bond motifs is 3. The van der Waals surface area contributed by atoms with Gasteiger partial charge in [-0.05, 0) is 49.0 Å². The SMILES string of the molecule is Cc1cc(C)c(C)c(-c2c3c(nc[n+]2C)sc2occc23)c1. The quantitative estimate of drug-likeness (QED) is 0.486. The fourth-order valence-electron chi connectivity index (χ4n) is 3.12. The summed E-state index contributed by atoms with van der Waals surface area (Å²) in [5.74, 6) is 0. The smallest absolute Gasteiger partial charge is 0.288 e. The second-order valence-corrected chi connectivity index (χ2v) is 6.82. The van der Waals surface area contributed by atoms with Crippen LogP contribution in [-0.4, -0.2) is 4.98 Å². The minimum atomic E-state index is 0.942. The van der Waals surface area contributed by atoms with Gasteiger partial charge in [-0.15, -0.1) is 0 Å². The lowest BCUT2D eigenvalue weighted by atomic mass is 9.96. The second-order valence-electron chi connectivity index (χ2n) is 5.86. The van der Waals surface area contributed by atoms with Crippen molar-refractivity contribution in [1.82, 2.24) is 4.98 Å². The number of hydrogen-bond acceptors (Lipinski definition) is 3. The van der Waals surface area contributed by atoms with E-state index in [4.69, 9.17) is 4.42 Å². The lowest BCUT2D eigenvalue weighted by Crippen LogP contribution is -2.31. The Bertz CT molecular complexity index is 1030. The third kappa shape index (κ3) is 1.80. The van der Waals surface area contributed by atoms with Crippen LogP contribution >= 0.6 is 11.3 Å². The van der Waals surface area contributed by atoms with Gasteiger partial charge in [-0.3, -0.25) is 0 Å². The minimum absolute atomic E-state index is 0.942. The molecule has 0 fully saturated rings. The Morgan fingerprint density at radius 3 is 2.82 bits per heavy atom. The van der Waals surface area contributed by atoms with E-state index in [1.165, 1.54) is 33.3 Å². The molecule has 0 amide bonds. The predicted octanol–water partition coefficient (Wildman–Crippen LogP) is 4.46. The van der Waals surface area contributed by atoms with Crippen molar-refractivity contribution in [3.8, 4) is 11.3 Å². The number of rotatable bonds is 1. The molecule has 0 unspecified atom stereocenters. The van der Waals surface area contributed by atoms with E-state index in [-0.39, 0.29) is 0 Å². The number of nitrogens with zero attached hydrogens (tertiary/aromatic N) is 2. The summed E-state index contributed by atoms with van der Waals surface area (Å²) in [6.07, 6.45) is 3.65. The van der Waals surface area contributed by atoms with Gasteiger partial charge in [0, 0.05) is 10.9 Å². The third-order valence-electron chi connectivity index (χ3n) is 4.31. The molecule has 4 rings (SSSR count). The van der Waals surface area contributed by atoms with Crippen molar-refractivity contribution in [3.63, 3.8) is 0 Å². The van der Waals surface area contributed by atoms with Crippen molar-refractivity contribution in [1.29, 1.82) is 0 Å². The van der Waals surface area contributed by atoms with Gasteiger partial charge in [0.2, 0.25) is 4.83 Å². The maximum atomic E-state index is 5.58. The van der Waals surface area contributed by atoms with Crippen LogP contribution < -0.4 is 4.57 Å². The fraction of sp³-hybridized carbons (Fsp3) is 0.222. The van der Waals surface area contributed by atoms with E-state index in [9.17, 15) is 0 Å². The van der Waals surface area contributed by atoms with Crippen LogP contribution in [0.3, 0.4) is 0 Å². The molecule has 110 valence electrons. The Hall–Kier alpha value is -2.20. The Morgan fingerprint density at radius 2 is 2.00 bits per heavy atom. The Labute approximate surface area is 132 Å². The number of thiophene rings is 1. The standard InChI is InChI=1S/C18H17N2OS/c1-10-7-11(2)12(3)14(8-10)16-15-13-5-6-21-18(13)22-17(15)19-9-20(16)4/h5-9H,1-4H3/q+1. The molecule has 1 aromatic carbocycles. The molecule has 3 aromatic heterocycles. The molecule has 0 radical (unpaired) electrons. The first-order chi connectivity index (χ1) is 10.6. The molecule has 3 heterocycles. The molecular weight excluding hydrogens is 292 g/mol. The minimum Gasteiger partial charge on any atom is -0.453 e. The van der Waals surface area contributed by atoms with Crippen LogP contribution in [0.15, 0.2) is 35.2 Å². The van der Waals surface area contributed by atoms with Crippen molar-refractivity contribution in [3.05, 3.63) is 47.5 Å². The number of hydrogen-bond donors (Lipinski definition) is 0. The van der Waals surface area contributed by atoms with Crippen LogP contribution in [0.1, 0.15) is 16.7 Å². The number of aromatic nitrogens is 2. The molecule has 0 atom stereocenters. The van der Waals surface area contributed by atoms with Crippen LogP contribution in [-0.2, 0) is 7.05 Å². The maximum absolute atomic E-state index is 5.58. The summed E-state index contributed by atoms with van der Waals surface area (Å²) in [4.78, 5) is 6.54. The topological polar surface area (TPSA) is 29.9 Å². The largest absolute Gasteiger partial charge is 0.453 e. The lowest BCUT2D eigenvalue weighted by molar-refractivity contribution is -0.662. The van der Waals surface area contributed by atoms with Crippen molar-refractivity contribution >= 4 is 31.8 Å². The predicted molar refractivity (Wildman–Crippen MR) is 90.2 cm³/mol. The number of furan rings is 1. The highest BCUT2D eigenvalue weighted by Gasteiger charge is 2.23. The molecule has 0 N–H and O–H groups in total. The van der Waals surface area contributed by atoms with E-state index in [0.717, 1.165) is 15.1 Å². The number of aryl methyl sites for hydroxylation is 3. The van der Waals surface area contributed by atoms with Crippen LogP contribution in [0.4, 0.5) is 0 Å². The van der Waals surface area contributed by atoms with E-state index in [0.29, 0.717) is 0 Å². The van der Waals surface area contributed by atoms with Gasteiger partial charge in [0.25, 0.3) is 6.33 Å². The molecule has 3 nitrogen and oxygen atoms in total. The first-order valence-electron chi connectivity index (χ1n) is 7.29. The van der Waals surface area contributed by atoms with Gasteiger partial charge in [-0.1, -0.05) is 23.0 Å². The van der Waals surface area contributed by atoms with E-state index in [1.807, 2.05) is 12.4 Å². The summed E-state index contributed by atoms with van der Waals surface area (Å²) >= 11 is 1.61. The third-order valence-corrected chi connectivity index (χ3v) is 5.31. The maximum Gasteiger partial charge on any atom is 0.288 e. The zero-order chi connectivity index (χ0) is 15.4. The summed E-state index contributed by atoms with van der Waals surface area (Å²) in [6.45, 7) is 6.51. The van der Waals surface area contributed by atoms with Crippen molar-refractivity contribution in [2.75, 3.05) is 0 Å². The van der Waals surface area contributed by atoms with Gasteiger partial charge in [0.05, 0.1) is 18.7 Å². The van der Waals surface area contributed by atoms with Crippen LogP contribution in [0.2, 0.25) is 0 Å². The Kier molecular flexibility index (Phi) is 2.84. The van der Waals surface area contributed by atoms with E-state index >= 15 is 0 Å². The fourth-order valence-corrected chi connectivity index (χ4v) is 4.09. The van der Waals surface area contributed by atoms with Gasteiger partial charge in [-0.2, -0.15) is 0 Å². The Morgan fingerprint density at radius 1 is 1.18 bits per heavy atom. The van der Waals surface area contributed by atoms with Crippen LogP contribution in [0.25, 0.3) is 31.8 Å². The van der Waals surface area contributed by atoms with Gasteiger partial charge in [-0.25, -0.2) is 4.57 Å². The van der Waals surface area contributed by atoms with Crippen molar-refractivity contribution in [2.45, 2.75) is 20.8 Å². The zero-order valence-electron chi connectivity index (χ0n) is 13.1. The van der Waals surface area contributed by atoms with E-state index in [1.54, 1.807) is 17.6 Å². The molecule has 0 saturated heterocycles. The molecule has 0 saturated carbocycles. The summed E-state index contributed by atoms with van der Waals surface area (Å²) in [5, 5.41) is 2.34. The average Bonchev–Trinajstić information content (AvgIpc) is 3.04. The molecule has 4 aromatic rings. The normalized spacial score (nSPS) is 11.6. The van der Waals surface area contributed by atoms with Gasteiger partial charge in [0.1, 0.15) is 5.69 Å². The summed E-state index contributed by atoms with van der Waals surface area (Å²) in [7, 11) is 2.06. The monoisotopic (exact) mass is 309 g/mol. The van der Waals surface area contributed by atoms with Gasteiger partial charge in [0.15, 0.2) is 4.90 Å². The van der Waals surface area contributed by atoms with E-state index in [2.05, 4.69) is 49.5 Å². The molecule has 0 spiro atoms. The van der Waals surface area contributed by atoms with Crippen LogP contribution in [0, 0.1) is 20.8 Å². The van der Waals surface area contributed by atoms with Crippen molar-refractivity contribution < 1.29 is 8.98 Å². The molecule has 4 heteroatoms. The molecule has 0 bridgehead atoms. The van der Waals surface area contributed by atoms with Gasteiger partial charge < -0.3 is 4.42 Å². The molecule has 0 aliphatic rings. The zero-order valence-corrected chi connectivity index (χ0v) is 13.9. The highest BCUT2D eigenvalue weighted by molar-refractivity contribution is 7.24. The highest BCUT2D eigenvalue weighted by Crippen LogP contribution is 2.38. The molecule has 22 heavy (non-hydrogen) atoms. The first-order valence-corrected chi connectivity index (χ1v) is 8.10. The summed E-state index contributed by atoms with van der Waals surface area (Å²) in [5.41, 5.74) is 6.40.